The van der Waals surface area contributed by atoms with E-state index < -0.39 is 0 Å². The Bertz CT molecular complexity index is 582. The molecule has 3 aliphatic rings. The van der Waals surface area contributed by atoms with Gasteiger partial charge in [-0.15, -0.1) is 36.2 Å². The number of hydrogen-bond acceptors (Lipinski definition) is 6. The van der Waals surface area contributed by atoms with E-state index >= 15 is 0 Å². The van der Waals surface area contributed by atoms with E-state index in [1.165, 1.54) is 11.3 Å². The van der Waals surface area contributed by atoms with Crippen LogP contribution in [0.4, 0.5) is 0 Å². The smallest absolute Gasteiger partial charge is 0.312 e. The molecule has 0 aliphatic carbocycles. The second-order valence-corrected chi connectivity index (χ2v) is 8.80. The maximum atomic E-state index is 12.4. The summed E-state index contributed by atoms with van der Waals surface area (Å²) in [5, 5.41) is 5.52. The van der Waals surface area contributed by atoms with E-state index in [1.807, 2.05) is 11.3 Å². The summed E-state index contributed by atoms with van der Waals surface area (Å²) in [7, 11) is 0. The molecular weight excluding hydrogens is 405 g/mol. The van der Waals surface area contributed by atoms with Crippen LogP contribution in [-0.2, 0) is 16.1 Å². The topological polar surface area (TPSA) is 44.8 Å². The molecule has 1 aromatic heterocycles. The minimum atomic E-state index is -0.188. The molecule has 27 heavy (non-hydrogen) atoms. The van der Waals surface area contributed by atoms with Gasteiger partial charge in [0.05, 0.1) is 5.41 Å². The molecule has 1 spiro atoms. The molecule has 4 rings (SSSR count). The van der Waals surface area contributed by atoms with Crippen molar-refractivity contribution in [2.75, 3.05) is 45.8 Å². The number of rotatable bonds is 4. The molecule has 0 aromatic carbocycles. The summed E-state index contributed by atoms with van der Waals surface area (Å²) in [4.78, 5) is 18.9. The summed E-state index contributed by atoms with van der Waals surface area (Å²) in [6.45, 7) is 8.33. The number of carbonyl (C=O) groups is 1. The van der Waals surface area contributed by atoms with Gasteiger partial charge in [-0.1, -0.05) is 6.07 Å². The molecule has 5 nitrogen and oxygen atoms in total. The number of hydrogen-bond donors (Lipinski definition) is 1. The van der Waals surface area contributed by atoms with Crippen molar-refractivity contribution in [2.45, 2.75) is 38.3 Å². The number of halogens is 2. The van der Waals surface area contributed by atoms with Gasteiger partial charge in [0.15, 0.2) is 0 Å². The van der Waals surface area contributed by atoms with Crippen molar-refractivity contribution < 1.29 is 9.53 Å². The Morgan fingerprint density at radius 3 is 2.63 bits per heavy atom. The second-order valence-electron chi connectivity index (χ2n) is 7.77. The standard InChI is InChI=1S/C19H29N3O2S.2ClH/c23-18-19(4-6-20-7-5-19)13-16(24-18)14-21-8-2-9-22(11-10-21)15-17-3-1-12-25-17;;/h1,3,12,16,20H,2,4-11,13-15H2;2*1H. The summed E-state index contributed by atoms with van der Waals surface area (Å²) >= 11 is 1.85. The lowest BCUT2D eigenvalue weighted by Gasteiger charge is -2.29. The molecule has 4 heterocycles. The lowest BCUT2D eigenvalue weighted by molar-refractivity contribution is -0.150. The predicted molar refractivity (Wildman–Crippen MR) is 114 cm³/mol. The molecule has 1 unspecified atom stereocenters. The SMILES string of the molecule is Cl.Cl.O=C1OC(CN2CCCN(Cc3cccs3)CC2)CC12CCNCC2. The van der Waals surface area contributed by atoms with Gasteiger partial charge in [-0.2, -0.15) is 0 Å². The molecular formula is C19H31Cl2N3O2S. The first-order valence-electron chi connectivity index (χ1n) is 9.62. The van der Waals surface area contributed by atoms with Crippen LogP contribution in [0.1, 0.15) is 30.6 Å². The van der Waals surface area contributed by atoms with Crippen molar-refractivity contribution in [1.82, 2.24) is 15.1 Å². The van der Waals surface area contributed by atoms with E-state index in [2.05, 4.69) is 32.6 Å². The molecule has 0 amide bonds. The summed E-state index contributed by atoms with van der Waals surface area (Å²) in [5.41, 5.74) is -0.188. The van der Waals surface area contributed by atoms with Crippen LogP contribution in [0.5, 0.6) is 0 Å². The maximum absolute atomic E-state index is 12.4. The number of ether oxygens (including phenoxy) is 1. The molecule has 3 fully saturated rings. The number of piperidine rings is 1. The van der Waals surface area contributed by atoms with E-state index in [0.29, 0.717) is 0 Å². The first-order valence-corrected chi connectivity index (χ1v) is 10.5. The van der Waals surface area contributed by atoms with Crippen molar-refractivity contribution in [2.24, 2.45) is 5.41 Å². The van der Waals surface area contributed by atoms with E-state index in [0.717, 1.165) is 71.6 Å². The number of cyclic esters (lactones) is 1. The van der Waals surface area contributed by atoms with E-state index in [-0.39, 0.29) is 42.3 Å². The molecule has 3 saturated heterocycles. The Balaban J connectivity index is 0.00000131. The monoisotopic (exact) mass is 435 g/mol. The predicted octanol–water partition coefficient (Wildman–Crippen LogP) is 2.78. The van der Waals surface area contributed by atoms with Gasteiger partial charge in [0, 0.05) is 37.5 Å². The normalized spacial score (nSPS) is 26.1. The van der Waals surface area contributed by atoms with Gasteiger partial charge in [-0.3, -0.25) is 14.6 Å². The number of nitrogens with zero attached hydrogens (tertiary/aromatic N) is 2. The Morgan fingerprint density at radius 2 is 1.89 bits per heavy atom. The van der Waals surface area contributed by atoms with Crippen LogP contribution < -0.4 is 5.32 Å². The third kappa shape index (κ3) is 5.58. The largest absolute Gasteiger partial charge is 0.461 e. The fourth-order valence-electron chi connectivity index (χ4n) is 4.53. The average molecular weight is 436 g/mol. The third-order valence-corrected chi connectivity index (χ3v) is 6.85. The van der Waals surface area contributed by atoms with Crippen LogP contribution >= 0.6 is 36.2 Å². The number of esters is 1. The van der Waals surface area contributed by atoms with Crippen molar-refractivity contribution in [3.05, 3.63) is 22.4 Å². The Labute approximate surface area is 178 Å². The fraction of sp³-hybridized carbons (Fsp3) is 0.737. The first-order chi connectivity index (χ1) is 12.2. The van der Waals surface area contributed by atoms with Crippen LogP contribution in [0.2, 0.25) is 0 Å². The van der Waals surface area contributed by atoms with Gasteiger partial charge in [0.1, 0.15) is 6.10 Å². The zero-order valence-electron chi connectivity index (χ0n) is 15.7. The lowest BCUT2D eigenvalue weighted by atomic mass is 9.76. The molecule has 1 N–H and O–H groups in total. The molecule has 8 heteroatoms. The number of thiophene rings is 1. The van der Waals surface area contributed by atoms with E-state index in [4.69, 9.17) is 4.74 Å². The zero-order valence-corrected chi connectivity index (χ0v) is 18.2. The van der Waals surface area contributed by atoms with Crippen LogP contribution in [0, 0.1) is 5.41 Å². The van der Waals surface area contributed by atoms with Crippen molar-refractivity contribution in [3.63, 3.8) is 0 Å². The van der Waals surface area contributed by atoms with Gasteiger partial charge >= 0.3 is 5.97 Å². The highest BCUT2D eigenvalue weighted by Gasteiger charge is 2.49. The quantitative estimate of drug-likeness (QED) is 0.736. The number of carbonyl (C=O) groups excluding carboxylic acids is 1. The first kappa shape index (κ1) is 22.9. The van der Waals surface area contributed by atoms with Crippen molar-refractivity contribution >= 4 is 42.1 Å². The highest BCUT2D eigenvalue weighted by Crippen LogP contribution is 2.41. The number of nitrogens with one attached hydrogen (secondary N) is 1. The van der Waals surface area contributed by atoms with Gasteiger partial charge in [-0.25, -0.2) is 0 Å². The minimum Gasteiger partial charge on any atom is -0.461 e. The molecule has 0 radical (unpaired) electrons. The molecule has 1 atom stereocenters. The molecule has 3 aliphatic heterocycles. The second kappa shape index (κ2) is 10.4. The summed E-state index contributed by atoms with van der Waals surface area (Å²) in [6.07, 6.45) is 4.09. The molecule has 0 bridgehead atoms. The van der Waals surface area contributed by atoms with Gasteiger partial charge in [0.2, 0.25) is 0 Å². The Morgan fingerprint density at radius 1 is 1.15 bits per heavy atom. The minimum absolute atomic E-state index is 0. The average Bonchev–Trinajstić information content (AvgIpc) is 3.14. The van der Waals surface area contributed by atoms with Crippen molar-refractivity contribution in [3.8, 4) is 0 Å². The van der Waals surface area contributed by atoms with Crippen LogP contribution in [0.15, 0.2) is 17.5 Å². The highest BCUT2D eigenvalue weighted by molar-refractivity contribution is 7.09. The highest BCUT2D eigenvalue weighted by atomic mass is 35.5. The van der Waals surface area contributed by atoms with Crippen LogP contribution in [-0.4, -0.2) is 67.7 Å². The zero-order chi connectivity index (χ0) is 17.1. The van der Waals surface area contributed by atoms with Crippen molar-refractivity contribution in [1.29, 1.82) is 0 Å². The van der Waals surface area contributed by atoms with Gasteiger partial charge in [-0.05, 0) is 56.9 Å². The molecule has 0 saturated carbocycles. The lowest BCUT2D eigenvalue weighted by Crippen LogP contribution is -2.40. The van der Waals surface area contributed by atoms with Crippen LogP contribution in [0.25, 0.3) is 0 Å². The summed E-state index contributed by atoms with van der Waals surface area (Å²) in [5.74, 6) is 0.0631. The van der Waals surface area contributed by atoms with E-state index in [1.54, 1.807) is 0 Å². The van der Waals surface area contributed by atoms with E-state index in [9.17, 15) is 4.79 Å². The Kier molecular flexibility index (Phi) is 8.84. The Hall–Kier alpha value is -0.370. The van der Waals surface area contributed by atoms with Crippen LogP contribution in [0.3, 0.4) is 0 Å². The third-order valence-electron chi connectivity index (χ3n) is 5.99. The fourth-order valence-corrected chi connectivity index (χ4v) is 5.27. The van der Waals surface area contributed by atoms with Gasteiger partial charge < -0.3 is 10.1 Å². The summed E-state index contributed by atoms with van der Waals surface area (Å²) in [6, 6.07) is 4.36. The molecule has 154 valence electrons. The summed E-state index contributed by atoms with van der Waals surface area (Å²) < 4.78 is 5.79. The molecule has 1 aromatic rings. The van der Waals surface area contributed by atoms with Gasteiger partial charge in [0.25, 0.3) is 0 Å². The maximum Gasteiger partial charge on any atom is 0.312 e.